The number of thioether (sulfide) groups is 1. The van der Waals surface area contributed by atoms with Gasteiger partial charge in [0.1, 0.15) is 0 Å². The van der Waals surface area contributed by atoms with Gasteiger partial charge in [-0.15, -0.1) is 0 Å². The summed E-state index contributed by atoms with van der Waals surface area (Å²) in [6.07, 6.45) is 0.846. The largest absolute Gasteiger partial charge is 0.243 e. The zero-order valence-corrected chi connectivity index (χ0v) is 15.7. The second-order valence-electron chi connectivity index (χ2n) is 6.23. The lowest BCUT2D eigenvalue weighted by atomic mass is 10.1. The first-order chi connectivity index (χ1) is 11.5. The van der Waals surface area contributed by atoms with Crippen LogP contribution in [0.25, 0.3) is 0 Å². The molecule has 0 bridgehead atoms. The molecule has 0 aromatic heterocycles. The fourth-order valence-electron chi connectivity index (χ4n) is 3.05. The molecule has 0 N–H and O–H groups in total. The van der Waals surface area contributed by atoms with Crippen molar-refractivity contribution in [3.63, 3.8) is 0 Å². The van der Waals surface area contributed by atoms with Gasteiger partial charge in [-0.25, -0.2) is 8.42 Å². The van der Waals surface area contributed by atoms with E-state index in [1.807, 2.05) is 55.9 Å². The zero-order valence-electron chi connectivity index (χ0n) is 14.1. The molecular formula is C19H23NO2S2. The molecule has 2 aromatic rings. The van der Waals surface area contributed by atoms with Crippen LogP contribution in [0.4, 0.5) is 0 Å². The molecule has 1 heterocycles. The van der Waals surface area contributed by atoms with Crippen LogP contribution < -0.4 is 0 Å². The van der Waals surface area contributed by atoms with E-state index in [1.54, 1.807) is 10.4 Å². The van der Waals surface area contributed by atoms with Crippen molar-refractivity contribution in [1.29, 1.82) is 0 Å². The van der Waals surface area contributed by atoms with Crippen molar-refractivity contribution in [2.75, 3.05) is 18.8 Å². The Hall–Kier alpha value is -1.30. The standard InChI is InChI=1S/C19H23NO2S2/c1-15-8-9-16(2)19(14-15)24(21,22)20-11-10-18(23-13-12-20)17-6-4-3-5-7-17/h3-9,14,18H,10-13H2,1-2H3/t18-/m0/s1. The van der Waals surface area contributed by atoms with Gasteiger partial charge in [-0.2, -0.15) is 16.1 Å². The summed E-state index contributed by atoms with van der Waals surface area (Å²) < 4.78 is 27.8. The van der Waals surface area contributed by atoms with E-state index in [4.69, 9.17) is 0 Å². The van der Waals surface area contributed by atoms with Gasteiger partial charge in [-0.3, -0.25) is 0 Å². The number of aryl methyl sites for hydroxylation is 2. The van der Waals surface area contributed by atoms with Crippen molar-refractivity contribution in [1.82, 2.24) is 4.31 Å². The third-order valence-corrected chi connectivity index (χ3v) is 7.80. The molecule has 1 aliphatic heterocycles. The minimum atomic E-state index is -3.42. The summed E-state index contributed by atoms with van der Waals surface area (Å²) in [5.41, 5.74) is 3.08. The van der Waals surface area contributed by atoms with Crippen LogP contribution in [0.1, 0.15) is 28.4 Å². The maximum atomic E-state index is 13.1. The Kier molecular flexibility index (Phi) is 5.33. The number of hydrogen-bond acceptors (Lipinski definition) is 3. The van der Waals surface area contributed by atoms with Gasteiger partial charge in [0.2, 0.25) is 10.0 Å². The molecule has 3 nitrogen and oxygen atoms in total. The Morgan fingerprint density at radius 3 is 2.54 bits per heavy atom. The highest BCUT2D eigenvalue weighted by atomic mass is 32.2. The summed E-state index contributed by atoms with van der Waals surface area (Å²) in [4.78, 5) is 0.450. The maximum absolute atomic E-state index is 13.1. The van der Waals surface area contributed by atoms with Gasteiger partial charge in [0, 0.05) is 24.1 Å². The van der Waals surface area contributed by atoms with Gasteiger partial charge in [0.15, 0.2) is 0 Å². The van der Waals surface area contributed by atoms with Crippen molar-refractivity contribution >= 4 is 21.8 Å². The molecule has 1 saturated heterocycles. The van der Waals surface area contributed by atoms with E-state index in [-0.39, 0.29) is 0 Å². The molecule has 2 aromatic carbocycles. The molecule has 3 rings (SSSR count). The summed E-state index contributed by atoms with van der Waals surface area (Å²) in [6, 6.07) is 16.0. The molecule has 0 aliphatic carbocycles. The highest BCUT2D eigenvalue weighted by molar-refractivity contribution is 7.99. The summed E-state index contributed by atoms with van der Waals surface area (Å²) in [7, 11) is -3.42. The number of sulfonamides is 1. The molecule has 1 fully saturated rings. The van der Waals surface area contributed by atoms with Crippen LogP contribution >= 0.6 is 11.8 Å². The highest BCUT2D eigenvalue weighted by Gasteiger charge is 2.29. The van der Waals surface area contributed by atoms with Gasteiger partial charge < -0.3 is 0 Å². The lowest BCUT2D eigenvalue weighted by Gasteiger charge is -2.21. The van der Waals surface area contributed by atoms with Crippen molar-refractivity contribution in [2.24, 2.45) is 0 Å². The van der Waals surface area contributed by atoms with E-state index in [2.05, 4.69) is 12.1 Å². The van der Waals surface area contributed by atoms with Gasteiger partial charge in [0.25, 0.3) is 0 Å². The maximum Gasteiger partial charge on any atom is 0.243 e. The fourth-order valence-corrected chi connectivity index (χ4v) is 6.16. The summed E-state index contributed by atoms with van der Waals surface area (Å²) >= 11 is 1.85. The summed E-state index contributed by atoms with van der Waals surface area (Å²) in [6.45, 7) is 4.94. The van der Waals surface area contributed by atoms with E-state index < -0.39 is 10.0 Å². The van der Waals surface area contributed by atoms with Crippen LogP contribution in [0.15, 0.2) is 53.4 Å². The van der Waals surface area contributed by atoms with E-state index in [0.717, 1.165) is 23.3 Å². The third-order valence-electron chi connectivity index (χ3n) is 4.43. The Morgan fingerprint density at radius 2 is 1.79 bits per heavy atom. The molecule has 5 heteroatoms. The number of rotatable bonds is 3. The SMILES string of the molecule is Cc1ccc(C)c(S(=O)(=O)N2CCS[C@H](c3ccccc3)CC2)c1. The zero-order chi connectivity index (χ0) is 17.2. The van der Waals surface area contributed by atoms with Crippen LogP contribution in [0.2, 0.25) is 0 Å². The first kappa shape index (κ1) is 17.5. The second kappa shape index (κ2) is 7.30. The molecule has 0 unspecified atom stereocenters. The monoisotopic (exact) mass is 361 g/mol. The Balaban J connectivity index is 1.81. The second-order valence-corrected chi connectivity index (χ2v) is 9.45. The molecule has 0 radical (unpaired) electrons. The minimum absolute atomic E-state index is 0.366. The lowest BCUT2D eigenvalue weighted by Crippen LogP contribution is -2.33. The Labute approximate surface area is 149 Å². The Bertz CT molecular complexity index is 803. The smallest absolute Gasteiger partial charge is 0.207 e. The number of benzene rings is 2. The van der Waals surface area contributed by atoms with Gasteiger partial charge in [0.05, 0.1) is 4.90 Å². The fraction of sp³-hybridized carbons (Fsp3) is 0.368. The first-order valence-corrected chi connectivity index (χ1v) is 10.7. The first-order valence-electron chi connectivity index (χ1n) is 8.22. The average Bonchev–Trinajstić information content (AvgIpc) is 2.84. The quantitative estimate of drug-likeness (QED) is 0.823. The van der Waals surface area contributed by atoms with Crippen molar-refractivity contribution in [2.45, 2.75) is 30.4 Å². The summed E-state index contributed by atoms with van der Waals surface area (Å²) in [5, 5.41) is 0.366. The Morgan fingerprint density at radius 1 is 1.04 bits per heavy atom. The van der Waals surface area contributed by atoms with E-state index in [0.29, 0.717) is 23.2 Å². The van der Waals surface area contributed by atoms with Gasteiger partial charge in [-0.05, 0) is 43.0 Å². The van der Waals surface area contributed by atoms with Gasteiger partial charge in [-0.1, -0.05) is 42.5 Å². The van der Waals surface area contributed by atoms with Crippen LogP contribution in [0.5, 0.6) is 0 Å². The normalized spacial score (nSPS) is 19.8. The van der Waals surface area contributed by atoms with E-state index >= 15 is 0 Å². The lowest BCUT2D eigenvalue weighted by molar-refractivity contribution is 0.427. The van der Waals surface area contributed by atoms with E-state index in [9.17, 15) is 8.42 Å². The molecule has 128 valence electrons. The van der Waals surface area contributed by atoms with Crippen LogP contribution in [-0.4, -0.2) is 31.6 Å². The van der Waals surface area contributed by atoms with Crippen molar-refractivity contribution in [3.05, 3.63) is 65.2 Å². The highest BCUT2D eigenvalue weighted by Crippen LogP contribution is 2.35. The molecule has 1 aliphatic rings. The molecule has 0 spiro atoms. The molecular weight excluding hydrogens is 338 g/mol. The molecule has 1 atom stereocenters. The van der Waals surface area contributed by atoms with Crippen molar-refractivity contribution in [3.8, 4) is 0 Å². The number of hydrogen-bond donors (Lipinski definition) is 0. The minimum Gasteiger partial charge on any atom is -0.207 e. The topological polar surface area (TPSA) is 37.4 Å². The van der Waals surface area contributed by atoms with Crippen LogP contribution in [0.3, 0.4) is 0 Å². The van der Waals surface area contributed by atoms with E-state index in [1.165, 1.54) is 5.56 Å². The molecule has 0 saturated carbocycles. The van der Waals surface area contributed by atoms with Crippen LogP contribution in [0, 0.1) is 13.8 Å². The van der Waals surface area contributed by atoms with Gasteiger partial charge >= 0.3 is 0 Å². The summed E-state index contributed by atoms with van der Waals surface area (Å²) in [5.74, 6) is 0.823. The predicted molar refractivity (Wildman–Crippen MR) is 101 cm³/mol. The molecule has 24 heavy (non-hydrogen) atoms. The van der Waals surface area contributed by atoms with Crippen molar-refractivity contribution < 1.29 is 8.42 Å². The average molecular weight is 362 g/mol. The third kappa shape index (κ3) is 3.68. The predicted octanol–water partition coefficient (Wildman–Crippen LogP) is 4.17. The van der Waals surface area contributed by atoms with Crippen LogP contribution in [-0.2, 0) is 10.0 Å². The number of nitrogens with zero attached hydrogens (tertiary/aromatic N) is 1. The molecule has 0 amide bonds.